The van der Waals surface area contributed by atoms with E-state index in [9.17, 15) is 17.6 Å². The van der Waals surface area contributed by atoms with Crippen LogP contribution in [0.15, 0.2) is 47.4 Å². The van der Waals surface area contributed by atoms with E-state index in [-0.39, 0.29) is 10.7 Å². The standard InChI is InChI=1S/C18H19FN2O3S/c1-11-8-16(25(20,23)24)10-17(13(11)3)21-18(22)9-12(2)14-4-6-15(19)7-5-14/h4-10H,1-3H3,(H,21,22)(H2,20,23,24)/b12-9-. The first kappa shape index (κ1) is 18.8. The van der Waals surface area contributed by atoms with Crippen LogP contribution in [0.2, 0.25) is 0 Å². The number of nitrogens with two attached hydrogens (primary N) is 1. The van der Waals surface area contributed by atoms with E-state index in [1.807, 2.05) is 0 Å². The number of amides is 1. The first-order chi connectivity index (χ1) is 11.6. The molecule has 5 nitrogen and oxygen atoms in total. The average Bonchev–Trinajstić information content (AvgIpc) is 2.51. The van der Waals surface area contributed by atoms with Gasteiger partial charge in [-0.2, -0.15) is 0 Å². The van der Waals surface area contributed by atoms with Crippen LogP contribution in [-0.2, 0) is 14.8 Å². The highest BCUT2D eigenvalue weighted by Crippen LogP contribution is 2.24. The van der Waals surface area contributed by atoms with E-state index < -0.39 is 15.9 Å². The fraction of sp³-hybridized carbons (Fsp3) is 0.167. The number of halogens is 1. The van der Waals surface area contributed by atoms with Gasteiger partial charge in [0.2, 0.25) is 15.9 Å². The molecule has 0 saturated heterocycles. The highest BCUT2D eigenvalue weighted by molar-refractivity contribution is 7.89. The molecule has 0 radical (unpaired) electrons. The SMILES string of the molecule is C/C(=C/C(=O)Nc1cc(S(N)(=O)=O)cc(C)c1C)c1ccc(F)cc1. The lowest BCUT2D eigenvalue weighted by Gasteiger charge is -2.12. The Morgan fingerprint density at radius 1 is 1.16 bits per heavy atom. The summed E-state index contributed by atoms with van der Waals surface area (Å²) in [6, 6.07) is 8.56. The third-order valence-electron chi connectivity index (χ3n) is 3.87. The minimum Gasteiger partial charge on any atom is -0.322 e. The Hall–Kier alpha value is -2.51. The van der Waals surface area contributed by atoms with Crippen LogP contribution in [0.1, 0.15) is 23.6 Å². The Kier molecular flexibility index (Phi) is 5.39. The van der Waals surface area contributed by atoms with Crippen molar-refractivity contribution in [2.45, 2.75) is 25.7 Å². The van der Waals surface area contributed by atoms with Crippen LogP contribution in [0.5, 0.6) is 0 Å². The van der Waals surface area contributed by atoms with Gasteiger partial charge in [0.1, 0.15) is 5.82 Å². The minimum atomic E-state index is -3.87. The molecule has 25 heavy (non-hydrogen) atoms. The molecule has 0 unspecified atom stereocenters. The smallest absolute Gasteiger partial charge is 0.248 e. The van der Waals surface area contributed by atoms with Crippen molar-refractivity contribution in [2.24, 2.45) is 5.14 Å². The van der Waals surface area contributed by atoms with E-state index in [2.05, 4.69) is 5.32 Å². The van der Waals surface area contributed by atoms with Crippen molar-refractivity contribution in [1.29, 1.82) is 0 Å². The van der Waals surface area contributed by atoms with Crippen molar-refractivity contribution in [3.8, 4) is 0 Å². The maximum Gasteiger partial charge on any atom is 0.248 e. The second-order valence-electron chi connectivity index (χ2n) is 5.78. The van der Waals surface area contributed by atoms with Gasteiger partial charge in [0, 0.05) is 11.8 Å². The number of rotatable bonds is 4. The Labute approximate surface area is 146 Å². The molecule has 0 fully saturated rings. The maximum absolute atomic E-state index is 13.0. The van der Waals surface area contributed by atoms with E-state index in [4.69, 9.17) is 5.14 Å². The molecule has 0 aliphatic carbocycles. The van der Waals surface area contributed by atoms with Crippen molar-refractivity contribution >= 4 is 27.2 Å². The fourth-order valence-electron chi connectivity index (χ4n) is 2.28. The monoisotopic (exact) mass is 362 g/mol. The predicted molar refractivity (Wildman–Crippen MR) is 96.0 cm³/mol. The molecule has 3 N–H and O–H groups in total. The normalized spacial score (nSPS) is 12.1. The van der Waals surface area contributed by atoms with Crippen LogP contribution in [0, 0.1) is 19.7 Å². The third-order valence-corrected chi connectivity index (χ3v) is 4.77. The molecule has 0 bridgehead atoms. The molecule has 0 aliphatic heterocycles. The zero-order valence-corrected chi connectivity index (χ0v) is 14.9. The van der Waals surface area contributed by atoms with E-state index in [0.29, 0.717) is 22.4 Å². The Morgan fingerprint density at radius 3 is 2.32 bits per heavy atom. The number of hydrogen-bond donors (Lipinski definition) is 2. The molecule has 2 aromatic rings. The second kappa shape index (κ2) is 7.16. The number of carbonyl (C=O) groups excluding carboxylic acids is 1. The van der Waals surface area contributed by atoms with E-state index in [0.717, 1.165) is 5.56 Å². The van der Waals surface area contributed by atoms with Crippen molar-refractivity contribution < 1.29 is 17.6 Å². The average molecular weight is 362 g/mol. The van der Waals surface area contributed by atoms with Gasteiger partial charge in [-0.15, -0.1) is 0 Å². The number of sulfonamides is 1. The molecule has 0 atom stereocenters. The third kappa shape index (κ3) is 4.74. The summed E-state index contributed by atoms with van der Waals surface area (Å²) in [4.78, 5) is 12.2. The Balaban J connectivity index is 2.30. The number of allylic oxidation sites excluding steroid dienone is 1. The van der Waals surface area contributed by atoms with Crippen molar-refractivity contribution in [1.82, 2.24) is 0 Å². The lowest BCUT2D eigenvalue weighted by Crippen LogP contribution is -2.15. The zero-order valence-electron chi connectivity index (χ0n) is 14.1. The number of benzene rings is 2. The first-order valence-corrected chi connectivity index (χ1v) is 9.02. The summed E-state index contributed by atoms with van der Waals surface area (Å²) in [7, 11) is -3.87. The minimum absolute atomic E-state index is 0.0647. The van der Waals surface area contributed by atoms with Gasteiger partial charge in [0.25, 0.3) is 0 Å². The summed E-state index contributed by atoms with van der Waals surface area (Å²) >= 11 is 0. The summed E-state index contributed by atoms with van der Waals surface area (Å²) in [5.41, 5.74) is 3.17. The highest BCUT2D eigenvalue weighted by Gasteiger charge is 2.14. The number of primary sulfonamides is 1. The number of hydrogen-bond acceptors (Lipinski definition) is 3. The first-order valence-electron chi connectivity index (χ1n) is 7.47. The zero-order chi connectivity index (χ0) is 18.8. The van der Waals surface area contributed by atoms with Gasteiger partial charge < -0.3 is 5.32 Å². The summed E-state index contributed by atoms with van der Waals surface area (Å²) in [6.45, 7) is 5.24. The van der Waals surface area contributed by atoms with Gasteiger partial charge in [0.15, 0.2) is 0 Å². The van der Waals surface area contributed by atoms with Crippen molar-refractivity contribution in [3.05, 3.63) is 65.0 Å². The van der Waals surface area contributed by atoms with Gasteiger partial charge in [-0.1, -0.05) is 12.1 Å². The Bertz CT molecular complexity index is 949. The van der Waals surface area contributed by atoms with Crippen LogP contribution < -0.4 is 10.5 Å². The van der Waals surface area contributed by atoms with Crippen LogP contribution in [-0.4, -0.2) is 14.3 Å². The summed E-state index contributed by atoms with van der Waals surface area (Å²) in [5, 5.41) is 7.83. The molecular formula is C18H19FN2O3S. The number of anilines is 1. The molecule has 0 heterocycles. The van der Waals surface area contributed by atoms with Gasteiger partial charge in [-0.05, 0) is 67.3 Å². The molecule has 2 rings (SSSR count). The van der Waals surface area contributed by atoms with Gasteiger partial charge in [0.05, 0.1) is 4.90 Å². The van der Waals surface area contributed by atoms with E-state index >= 15 is 0 Å². The molecular weight excluding hydrogens is 343 g/mol. The molecule has 7 heteroatoms. The van der Waals surface area contributed by atoms with Crippen molar-refractivity contribution in [2.75, 3.05) is 5.32 Å². The van der Waals surface area contributed by atoms with Crippen LogP contribution >= 0.6 is 0 Å². The largest absolute Gasteiger partial charge is 0.322 e. The fourth-order valence-corrected chi connectivity index (χ4v) is 2.91. The maximum atomic E-state index is 13.0. The van der Waals surface area contributed by atoms with Crippen LogP contribution in [0.4, 0.5) is 10.1 Å². The number of nitrogens with one attached hydrogen (secondary N) is 1. The van der Waals surface area contributed by atoms with Gasteiger partial charge in [-0.25, -0.2) is 17.9 Å². The summed E-state index contributed by atoms with van der Waals surface area (Å²) in [6.07, 6.45) is 1.37. The molecule has 0 aliphatic rings. The lowest BCUT2D eigenvalue weighted by molar-refractivity contribution is -0.111. The van der Waals surface area contributed by atoms with Crippen LogP contribution in [0.25, 0.3) is 5.57 Å². The molecule has 2 aromatic carbocycles. The molecule has 0 aromatic heterocycles. The highest BCUT2D eigenvalue weighted by atomic mass is 32.2. The topological polar surface area (TPSA) is 89.3 Å². The molecule has 1 amide bonds. The number of aryl methyl sites for hydroxylation is 1. The lowest BCUT2D eigenvalue weighted by atomic mass is 10.1. The van der Waals surface area contributed by atoms with Gasteiger partial charge in [-0.3, -0.25) is 4.79 Å². The van der Waals surface area contributed by atoms with Crippen LogP contribution in [0.3, 0.4) is 0 Å². The summed E-state index contributed by atoms with van der Waals surface area (Å²) in [5.74, 6) is -0.775. The quantitative estimate of drug-likeness (QED) is 0.819. The van der Waals surface area contributed by atoms with E-state index in [1.165, 1.54) is 30.3 Å². The van der Waals surface area contributed by atoms with E-state index in [1.54, 1.807) is 32.9 Å². The van der Waals surface area contributed by atoms with Crippen molar-refractivity contribution in [3.63, 3.8) is 0 Å². The second-order valence-corrected chi connectivity index (χ2v) is 7.34. The molecule has 132 valence electrons. The predicted octanol–water partition coefficient (Wildman–Crippen LogP) is 3.13. The number of carbonyl (C=O) groups is 1. The molecule has 0 spiro atoms. The Morgan fingerprint density at radius 2 is 1.76 bits per heavy atom. The van der Waals surface area contributed by atoms with Gasteiger partial charge >= 0.3 is 0 Å². The molecule has 0 saturated carbocycles. The summed E-state index contributed by atoms with van der Waals surface area (Å²) < 4.78 is 36.1.